The Morgan fingerprint density at radius 2 is 1.46 bits per heavy atom. The number of hydrogen-bond acceptors (Lipinski definition) is 10. The Bertz CT molecular complexity index is 1300. The summed E-state index contributed by atoms with van der Waals surface area (Å²) in [6, 6.07) is 0. The van der Waals surface area contributed by atoms with Crippen LogP contribution in [0.5, 0.6) is 0 Å². The first-order valence-electron chi connectivity index (χ1n) is 19.0. The third-order valence-corrected chi connectivity index (χ3v) is 10.9. The van der Waals surface area contributed by atoms with Crippen LogP contribution in [0.15, 0.2) is 28.0 Å². The van der Waals surface area contributed by atoms with Crippen molar-refractivity contribution in [2.24, 2.45) is 21.4 Å². The maximum atomic E-state index is 12.4. The van der Waals surface area contributed by atoms with Gasteiger partial charge in [0.2, 0.25) is 5.91 Å². The van der Waals surface area contributed by atoms with Crippen molar-refractivity contribution in [1.29, 1.82) is 0 Å². The van der Waals surface area contributed by atoms with E-state index in [1.54, 1.807) is 12.5 Å². The van der Waals surface area contributed by atoms with Crippen LogP contribution in [-0.2, 0) is 35.4 Å². The Kier molecular flexibility index (Phi) is 23.0. The highest BCUT2D eigenvalue weighted by atomic mass is 32.2. The number of unbranched alkanes of at least 4 members (excludes halogenated alkanes) is 13. The minimum Gasteiger partial charge on any atom is -0.356 e. The number of hydrogen-bond donors (Lipinski definition) is 2. The second-order valence-electron chi connectivity index (χ2n) is 13.9. The van der Waals surface area contributed by atoms with Crippen molar-refractivity contribution < 1.29 is 29.0 Å². The van der Waals surface area contributed by atoms with Crippen molar-refractivity contribution in [1.82, 2.24) is 15.3 Å². The number of ketones is 3. The maximum absolute atomic E-state index is 12.4. The van der Waals surface area contributed by atoms with E-state index in [9.17, 15) is 27.6 Å². The van der Waals surface area contributed by atoms with Gasteiger partial charge in [0.25, 0.3) is 0 Å². The van der Waals surface area contributed by atoms with Crippen LogP contribution < -0.4 is 5.32 Å². The zero-order valence-electron chi connectivity index (χ0n) is 30.5. The Morgan fingerprint density at radius 1 is 0.800 bits per heavy atom. The van der Waals surface area contributed by atoms with Crippen molar-refractivity contribution in [2.45, 2.75) is 155 Å². The molecule has 1 aliphatic rings. The molecule has 0 bridgehead atoms. The van der Waals surface area contributed by atoms with E-state index in [1.807, 2.05) is 0 Å². The van der Waals surface area contributed by atoms with Gasteiger partial charge in [-0.05, 0) is 57.1 Å². The molecule has 1 atom stereocenters. The molecule has 1 aromatic heterocycles. The highest BCUT2D eigenvalue weighted by molar-refractivity contribution is 7.92. The predicted octanol–water partition coefficient (Wildman–Crippen LogP) is 7.48. The average molecular weight is 721 g/mol. The van der Waals surface area contributed by atoms with E-state index in [4.69, 9.17) is 0 Å². The van der Waals surface area contributed by atoms with E-state index in [0.29, 0.717) is 51.6 Å². The number of nitrogens with zero attached hydrogens (tertiary/aromatic N) is 4. The lowest BCUT2D eigenvalue weighted by molar-refractivity contribution is -0.127. The highest BCUT2D eigenvalue weighted by Crippen LogP contribution is 2.17. The standard InChI is InChI=1S/C37H62N6O6S.H2/c1-31(44)32(26-35(45)23-22-33-27-38-30-40-33)18-15-16-24-39-37(47)21-17-25-50(48,49)29-36(46)20-14-12-10-8-6-4-2-3-5-7-9-11-13-19-34-28-41-43-42-34;/h27,30,32H,2-26,28-29H2,1H3,(H,38,40)(H,39,47);1H/t32-;/m1./s1. The molecule has 50 heavy (non-hydrogen) atoms. The van der Waals surface area contributed by atoms with Crippen LogP contribution in [-0.4, -0.2) is 71.9 Å². The molecule has 0 spiro atoms. The van der Waals surface area contributed by atoms with Crippen LogP contribution in [0.4, 0.5) is 0 Å². The number of aromatic amines is 1. The molecule has 1 aliphatic heterocycles. The van der Waals surface area contributed by atoms with Crippen molar-refractivity contribution in [3.8, 4) is 0 Å². The van der Waals surface area contributed by atoms with Gasteiger partial charge in [-0.25, -0.2) is 13.4 Å². The zero-order valence-corrected chi connectivity index (χ0v) is 31.3. The molecule has 0 fully saturated rings. The number of sulfone groups is 1. The fourth-order valence-electron chi connectivity index (χ4n) is 6.16. The van der Waals surface area contributed by atoms with Crippen molar-refractivity contribution in [3.05, 3.63) is 18.2 Å². The molecule has 0 aromatic carbocycles. The third kappa shape index (κ3) is 22.6. The van der Waals surface area contributed by atoms with Gasteiger partial charge < -0.3 is 10.3 Å². The average Bonchev–Trinajstić information content (AvgIpc) is 3.79. The molecule has 2 heterocycles. The van der Waals surface area contributed by atoms with Gasteiger partial charge in [0.1, 0.15) is 29.6 Å². The first-order chi connectivity index (χ1) is 24.1. The molecule has 2 N–H and O–H groups in total. The molecule has 0 saturated carbocycles. The van der Waals surface area contributed by atoms with Crippen molar-refractivity contribution in [3.63, 3.8) is 0 Å². The number of carbonyl (C=O) groups is 4. The summed E-state index contributed by atoms with van der Waals surface area (Å²) in [6.45, 7) is 2.62. The van der Waals surface area contributed by atoms with E-state index in [-0.39, 0.29) is 55.6 Å². The van der Waals surface area contributed by atoms with Crippen molar-refractivity contribution in [2.75, 3.05) is 24.6 Å². The summed E-state index contributed by atoms with van der Waals surface area (Å²) < 4.78 is 24.8. The van der Waals surface area contributed by atoms with Crippen LogP contribution in [0.3, 0.4) is 0 Å². The Labute approximate surface area is 301 Å². The quantitative estimate of drug-likeness (QED) is 0.0706. The molecule has 13 heteroatoms. The number of imidazole rings is 1. The van der Waals surface area contributed by atoms with E-state index in [2.05, 4.69) is 30.7 Å². The normalized spacial score (nSPS) is 13.3. The van der Waals surface area contributed by atoms with Gasteiger partial charge >= 0.3 is 0 Å². The van der Waals surface area contributed by atoms with Crippen LogP contribution >= 0.6 is 0 Å². The number of amides is 1. The fourth-order valence-corrected chi connectivity index (χ4v) is 7.52. The number of Topliss-reactive ketones (excluding diaryl/α,β-unsaturated/α-hetero) is 3. The topological polar surface area (TPSA) is 180 Å². The van der Waals surface area contributed by atoms with Crippen LogP contribution in [0.2, 0.25) is 0 Å². The van der Waals surface area contributed by atoms with E-state index >= 15 is 0 Å². The molecular formula is C37H64N6O6S. The lowest BCUT2D eigenvalue weighted by Crippen LogP contribution is -2.26. The largest absolute Gasteiger partial charge is 0.356 e. The summed E-state index contributed by atoms with van der Waals surface area (Å²) in [4.78, 5) is 55.7. The van der Waals surface area contributed by atoms with Crippen LogP contribution in [0, 0.1) is 5.92 Å². The molecule has 12 nitrogen and oxygen atoms in total. The number of rotatable bonds is 33. The summed E-state index contributed by atoms with van der Waals surface area (Å²) in [5, 5.41) is 14.3. The molecule has 0 unspecified atom stereocenters. The number of carbonyl (C=O) groups excluding carboxylic acids is 4. The second-order valence-corrected chi connectivity index (χ2v) is 16.0. The van der Waals surface area contributed by atoms with Gasteiger partial charge in [-0.1, -0.05) is 77.0 Å². The number of aromatic nitrogens is 2. The lowest BCUT2D eigenvalue weighted by Gasteiger charge is -2.13. The third-order valence-electron chi connectivity index (χ3n) is 9.24. The lowest BCUT2D eigenvalue weighted by atomic mass is 9.91. The van der Waals surface area contributed by atoms with E-state index in [0.717, 1.165) is 43.5 Å². The molecule has 0 radical (unpaired) electrons. The molecule has 0 saturated heterocycles. The van der Waals surface area contributed by atoms with Gasteiger partial charge in [0, 0.05) is 51.5 Å². The summed E-state index contributed by atoms with van der Waals surface area (Å²) in [5.74, 6) is -1.36. The Hall–Kier alpha value is -3.09. The summed E-state index contributed by atoms with van der Waals surface area (Å²) in [6.07, 6.45) is 23.2. The van der Waals surface area contributed by atoms with Gasteiger partial charge in [-0.2, -0.15) is 5.11 Å². The Morgan fingerprint density at radius 3 is 2.06 bits per heavy atom. The zero-order chi connectivity index (χ0) is 36.3. The van der Waals surface area contributed by atoms with Gasteiger partial charge in [0.15, 0.2) is 9.84 Å². The minimum atomic E-state index is -3.53. The maximum Gasteiger partial charge on any atom is 0.220 e. The molecule has 284 valence electrons. The smallest absolute Gasteiger partial charge is 0.220 e. The molecular weight excluding hydrogens is 657 g/mol. The predicted molar refractivity (Wildman–Crippen MR) is 199 cm³/mol. The molecule has 1 aromatic rings. The van der Waals surface area contributed by atoms with E-state index in [1.165, 1.54) is 64.7 Å². The number of H-pyrrole nitrogens is 1. The van der Waals surface area contributed by atoms with Gasteiger partial charge in [-0.3, -0.25) is 19.2 Å². The Balaban J connectivity index is 0.0000130. The van der Waals surface area contributed by atoms with E-state index < -0.39 is 15.6 Å². The minimum absolute atomic E-state index is 0. The first kappa shape index (κ1) is 43.1. The second kappa shape index (κ2) is 26.7. The fraction of sp³-hybridized carbons (Fsp3) is 0.784. The first-order valence-corrected chi connectivity index (χ1v) is 20.9. The highest BCUT2D eigenvalue weighted by Gasteiger charge is 2.19. The monoisotopic (exact) mass is 720 g/mol. The summed E-state index contributed by atoms with van der Waals surface area (Å²) in [7, 11) is -3.53. The SMILES string of the molecule is CC(=O)[C@H](CCCCNC(=O)CCCS(=O)(=O)CC(=O)CCCCCCCCCCCCCCCC1=NN=NC1)CC(=O)CCc1cnc[nH]1.[HH]. The molecule has 0 aliphatic carbocycles. The molecule has 1 amide bonds. The van der Waals surface area contributed by atoms with Crippen LogP contribution in [0.25, 0.3) is 0 Å². The molecule has 2 rings (SSSR count). The summed E-state index contributed by atoms with van der Waals surface area (Å²) in [5.41, 5.74) is 2.01. The van der Waals surface area contributed by atoms with Gasteiger partial charge in [0.05, 0.1) is 17.8 Å². The van der Waals surface area contributed by atoms with Crippen molar-refractivity contribution >= 4 is 38.8 Å². The number of aryl methyl sites for hydroxylation is 1. The number of nitrogens with one attached hydrogen (secondary N) is 2. The van der Waals surface area contributed by atoms with Crippen LogP contribution in [0.1, 0.15) is 155 Å². The summed E-state index contributed by atoms with van der Waals surface area (Å²) >= 11 is 0. The van der Waals surface area contributed by atoms with Gasteiger partial charge in [-0.15, -0.1) is 5.10 Å².